The van der Waals surface area contributed by atoms with Gasteiger partial charge < -0.3 is 24.3 Å². The number of amides is 2. The number of nitrogens with zero attached hydrogens (tertiary/aromatic N) is 2. The van der Waals surface area contributed by atoms with E-state index in [4.69, 9.17) is 9.47 Å². The minimum absolute atomic E-state index is 0.0686. The van der Waals surface area contributed by atoms with Crippen molar-refractivity contribution in [3.8, 4) is 11.5 Å². The number of hydrogen-bond donors (Lipinski definition) is 1. The maximum Gasteiger partial charge on any atom is 0.271 e. The van der Waals surface area contributed by atoms with Crippen molar-refractivity contribution in [2.45, 2.75) is 77.4 Å². The minimum Gasteiger partial charge on any atom is -0.496 e. The van der Waals surface area contributed by atoms with Crippen LogP contribution in [0.1, 0.15) is 69.8 Å². The first-order chi connectivity index (χ1) is 15.8. The molecule has 1 saturated carbocycles. The molecule has 1 aromatic carbocycles. The van der Waals surface area contributed by atoms with Crippen molar-refractivity contribution in [1.82, 2.24) is 14.8 Å². The van der Waals surface area contributed by atoms with Gasteiger partial charge in [-0.25, -0.2) is 0 Å². The van der Waals surface area contributed by atoms with Crippen LogP contribution in [-0.4, -0.2) is 53.6 Å². The predicted molar refractivity (Wildman–Crippen MR) is 129 cm³/mol. The van der Waals surface area contributed by atoms with Gasteiger partial charge in [0.1, 0.15) is 22.7 Å². The van der Waals surface area contributed by atoms with E-state index >= 15 is 0 Å². The Kier molecular flexibility index (Phi) is 6.59. The number of aromatic nitrogens is 1. The molecule has 0 saturated heterocycles. The summed E-state index contributed by atoms with van der Waals surface area (Å²) in [5.41, 5.74) is 0.379. The first kappa shape index (κ1) is 23.5. The molecule has 180 valence electrons. The summed E-state index contributed by atoms with van der Waals surface area (Å²) >= 11 is 0. The second-order valence-corrected chi connectivity index (χ2v) is 9.86. The Labute approximate surface area is 196 Å². The molecule has 1 aliphatic carbocycles. The van der Waals surface area contributed by atoms with Crippen molar-refractivity contribution in [3.05, 3.63) is 23.9 Å². The van der Waals surface area contributed by atoms with E-state index in [-0.39, 0.29) is 17.9 Å². The average molecular weight is 456 g/mol. The lowest BCUT2D eigenvalue weighted by molar-refractivity contribution is -0.133. The van der Waals surface area contributed by atoms with Crippen LogP contribution in [0.5, 0.6) is 11.5 Å². The Hall–Kier alpha value is -2.70. The lowest BCUT2D eigenvalue weighted by Gasteiger charge is -2.45. The lowest BCUT2D eigenvalue weighted by atomic mass is 9.86. The summed E-state index contributed by atoms with van der Waals surface area (Å²) in [6, 6.07) is 5.75. The highest BCUT2D eigenvalue weighted by atomic mass is 16.5. The molecular weight excluding hydrogens is 418 g/mol. The molecule has 1 aliphatic heterocycles. The maximum atomic E-state index is 13.8. The standard InChI is InChI=1S/C26H37N3O4/c1-6-7-14-29-24(30)20-15-19-21(32-4)12-13-22(33-5)23(19)28(20)16-26(29,3)25(31)27-18-10-8-17(2)9-11-18/h12-13,15,17-18H,6-11,14,16H2,1-5H3,(H,27,31)/t17?,18?,26-/m1/s1. The number of carbonyl (C=O) groups excluding carboxylic acids is 2. The number of benzene rings is 1. The van der Waals surface area contributed by atoms with Crippen molar-refractivity contribution in [3.63, 3.8) is 0 Å². The number of unbranched alkanes of at least 4 members (excludes halogenated alkanes) is 1. The molecule has 1 aromatic heterocycles. The van der Waals surface area contributed by atoms with Crippen LogP contribution >= 0.6 is 0 Å². The van der Waals surface area contributed by atoms with E-state index in [0.717, 1.165) is 49.4 Å². The molecule has 2 aliphatic rings. The Morgan fingerprint density at radius 2 is 1.82 bits per heavy atom. The topological polar surface area (TPSA) is 72.8 Å². The number of rotatable bonds is 7. The Bertz CT molecular complexity index is 1040. The molecule has 2 amide bonds. The molecular formula is C26H37N3O4. The van der Waals surface area contributed by atoms with E-state index in [2.05, 4.69) is 19.2 Å². The first-order valence-electron chi connectivity index (χ1n) is 12.2. The smallest absolute Gasteiger partial charge is 0.271 e. The van der Waals surface area contributed by atoms with Crippen LogP contribution in [0.3, 0.4) is 0 Å². The van der Waals surface area contributed by atoms with E-state index < -0.39 is 5.54 Å². The molecule has 0 unspecified atom stereocenters. The molecule has 7 nitrogen and oxygen atoms in total. The average Bonchev–Trinajstić information content (AvgIpc) is 3.19. The van der Waals surface area contributed by atoms with Gasteiger partial charge in [-0.2, -0.15) is 0 Å². The molecule has 2 heterocycles. The summed E-state index contributed by atoms with van der Waals surface area (Å²) in [5, 5.41) is 4.12. The van der Waals surface area contributed by atoms with Crippen LogP contribution < -0.4 is 14.8 Å². The number of ether oxygens (including phenoxy) is 2. The minimum atomic E-state index is -0.984. The molecule has 4 rings (SSSR count). The number of nitrogens with one attached hydrogen (secondary N) is 1. The number of carbonyl (C=O) groups is 2. The second kappa shape index (κ2) is 9.27. The third kappa shape index (κ3) is 4.06. The molecule has 1 atom stereocenters. The molecule has 0 spiro atoms. The zero-order chi connectivity index (χ0) is 23.8. The normalized spacial score (nSPS) is 25.1. The number of methoxy groups -OCH3 is 2. The quantitative estimate of drug-likeness (QED) is 0.673. The van der Waals surface area contributed by atoms with Crippen LogP contribution in [0.4, 0.5) is 0 Å². The van der Waals surface area contributed by atoms with Gasteiger partial charge in [-0.3, -0.25) is 9.59 Å². The Morgan fingerprint density at radius 3 is 2.45 bits per heavy atom. The van der Waals surface area contributed by atoms with Crippen LogP contribution in [0.2, 0.25) is 0 Å². The number of hydrogen-bond acceptors (Lipinski definition) is 4. The highest BCUT2D eigenvalue weighted by molar-refractivity contribution is 6.05. The van der Waals surface area contributed by atoms with E-state index in [1.807, 2.05) is 29.7 Å². The zero-order valence-corrected chi connectivity index (χ0v) is 20.6. The fraction of sp³-hybridized carbons (Fsp3) is 0.615. The number of fused-ring (bicyclic) bond motifs is 3. The summed E-state index contributed by atoms with van der Waals surface area (Å²) in [6.45, 7) is 7.20. The van der Waals surface area contributed by atoms with Crippen LogP contribution in [0.25, 0.3) is 10.9 Å². The summed E-state index contributed by atoms with van der Waals surface area (Å²) in [5.74, 6) is 1.87. The SMILES string of the molecule is CCCCN1C(=O)c2cc3c(OC)ccc(OC)c3n2C[C@]1(C)C(=O)NC1CCC(C)CC1. The van der Waals surface area contributed by atoms with Crippen molar-refractivity contribution >= 4 is 22.7 Å². The monoisotopic (exact) mass is 455 g/mol. The van der Waals surface area contributed by atoms with E-state index in [1.54, 1.807) is 19.1 Å². The predicted octanol–water partition coefficient (Wildman–Crippen LogP) is 4.37. The molecule has 0 radical (unpaired) electrons. The summed E-state index contributed by atoms with van der Waals surface area (Å²) < 4.78 is 13.2. The lowest BCUT2D eigenvalue weighted by Crippen LogP contribution is -2.65. The van der Waals surface area contributed by atoms with Gasteiger partial charge in [0.25, 0.3) is 5.91 Å². The van der Waals surface area contributed by atoms with Crippen molar-refractivity contribution in [1.29, 1.82) is 0 Å². The van der Waals surface area contributed by atoms with Crippen molar-refractivity contribution < 1.29 is 19.1 Å². The molecule has 0 bridgehead atoms. The largest absolute Gasteiger partial charge is 0.496 e. The van der Waals surface area contributed by atoms with Gasteiger partial charge in [0.2, 0.25) is 5.91 Å². The van der Waals surface area contributed by atoms with Crippen LogP contribution in [-0.2, 0) is 11.3 Å². The van der Waals surface area contributed by atoms with E-state index in [0.29, 0.717) is 36.2 Å². The van der Waals surface area contributed by atoms with Gasteiger partial charge in [0, 0.05) is 18.0 Å². The highest BCUT2D eigenvalue weighted by Gasteiger charge is 2.48. The summed E-state index contributed by atoms with van der Waals surface area (Å²) in [4.78, 5) is 29.3. The van der Waals surface area contributed by atoms with Crippen LogP contribution in [0, 0.1) is 5.92 Å². The van der Waals surface area contributed by atoms with Gasteiger partial charge in [-0.15, -0.1) is 0 Å². The summed E-state index contributed by atoms with van der Waals surface area (Å²) in [7, 11) is 3.24. The molecule has 2 aromatic rings. The van der Waals surface area contributed by atoms with Gasteiger partial charge in [-0.05, 0) is 63.1 Å². The fourth-order valence-electron chi connectivity index (χ4n) is 5.37. The maximum absolute atomic E-state index is 13.8. The fourth-order valence-corrected chi connectivity index (χ4v) is 5.37. The van der Waals surface area contributed by atoms with Crippen LogP contribution in [0.15, 0.2) is 18.2 Å². The van der Waals surface area contributed by atoms with Gasteiger partial charge >= 0.3 is 0 Å². The summed E-state index contributed by atoms with van der Waals surface area (Å²) in [6.07, 6.45) is 6.05. The van der Waals surface area contributed by atoms with Gasteiger partial charge in [0.05, 0.1) is 26.3 Å². The van der Waals surface area contributed by atoms with Crippen molar-refractivity contribution in [2.75, 3.05) is 20.8 Å². The Balaban J connectivity index is 1.76. The second-order valence-electron chi connectivity index (χ2n) is 9.86. The van der Waals surface area contributed by atoms with Gasteiger partial charge in [-0.1, -0.05) is 20.3 Å². The van der Waals surface area contributed by atoms with Crippen molar-refractivity contribution in [2.24, 2.45) is 5.92 Å². The van der Waals surface area contributed by atoms with E-state index in [9.17, 15) is 9.59 Å². The molecule has 1 fully saturated rings. The van der Waals surface area contributed by atoms with Gasteiger partial charge in [0.15, 0.2) is 0 Å². The highest BCUT2D eigenvalue weighted by Crippen LogP contribution is 2.40. The molecule has 7 heteroatoms. The third-order valence-corrected chi connectivity index (χ3v) is 7.52. The zero-order valence-electron chi connectivity index (χ0n) is 20.6. The first-order valence-corrected chi connectivity index (χ1v) is 12.2. The molecule has 1 N–H and O–H groups in total. The third-order valence-electron chi connectivity index (χ3n) is 7.52. The Morgan fingerprint density at radius 1 is 1.15 bits per heavy atom. The van der Waals surface area contributed by atoms with E-state index in [1.165, 1.54) is 0 Å². The molecule has 33 heavy (non-hydrogen) atoms.